The first-order chi connectivity index (χ1) is 14.5. The molecule has 2 fully saturated rings. The third kappa shape index (κ3) is 3.35. The molecule has 158 valence electrons. The van der Waals surface area contributed by atoms with Gasteiger partial charge >= 0.3 is 0 Å². The number of hydrogen-bond acceptors (Lipinski definition) is 5. The molecule has 5 rings (SSSR count). The SMILES string of the molecule is COc1ccc(S(=O)(=O)c2cn(C3CC3)c3cc(Cl)ccc23)cc1N1CCNCC1. The van der Waals surface area contributed by atoms with E-state index in [0.717, 1.165) is 50.2 Å². The van der Waals surface area contributed by atoms with Gasteiger partial charge in [0.05, 0.1) is 28.1 Å². The average molecular weight is 446 g/mol. The van der Waals surface area contributed by atoms with Crippen LogP contribution in [0.15, 0.2) is 52.4 Å². The van der Waals surface area contributed by atoms with Gasteiger partial charge in [-0.1, -0.05) is 17.7 Å². The number of methoxy groups -OCH3 is 1. The van der Waals surface area contributed by atoms with Crippen molar-refractivity contribution in [2.24, 2.45) is 0 Å². The molecular formula is C22H24ClN3O3S. The van der Waals surface area contributed by atoms with Crippen molar-refractivity contribution in [1.82, 2.24) is 9.88 Å². The lowest BCUT2D eigenvalue weighted by molar-refractivity contribution is 0.412. The zero-order chi connectivity index (χ0) is 20.9. The Bertz CT molecular complexity index is 1210. The van der Waals surface area contributed by atoms with Gasteiger partial charge in [-0.15, -0.1) is 0 Å². The minimum Gasteiger partial charge on any atom is -0.495 e. The minimum atomic E-state index is -3.71. The molecule has 1 saturated carbocycles. The smallest absolute Gasteiger partial charge is 0.208 e. The van der Waals surface area contributed by atoms with Gasteiger partial charge in [-0.25, -0.2) is 8.42 Å². The molecule has 1 N–H and O–H groups in total. The summed E-state index contributed by atoms with van der Waals surface area (Å²) in [6, 6.07) is 10.9. The fraction of sp³-hybridized carbons (Fsp3) is 0.364. The van der Waals surface area contributed by atoms with Gasteiger partial charge in [-0.2, -0.15) is 0 Å². The zero-order valence-electron chi connectivity index (χ0n) is 16.8. The van der Waals surface area contributed by atoms with Crippen molar-refractivity contribution in [3.8, 4) is 5.75 Å². The van der Waals surface area contributed by atoms with Crippen LogP contribution in [0, 0.1) is 0 Å². The monoisotopic (exact) mass is 445 g/mol. The summed E-state index contributed by atoms with van der Waals surface area (Å²) in [6.07, 6.45) is 3.90. The number of anilines is 1. The molecular weight excluding hydrogens is 422 g/mol. The topological polar surface area (TPSA) is 63.6 Å². The number of rotatable bonds is 5. The molecule has 1 aromatic heterocycles. The van der Waals surface area contributed by atoms with E-state index in [9.17, 15) is 8.42 Å². The van der Waals surface area contributed by atoms with Crippen LogP contribution < -0.4 is 15.0 Å². The molecule has 8 heteroatoms. The average Bonchev–Trinajstić information content (AvgIpc) is 3.54. The second-order valence-electron chi connectivity index (χ2n) is 7.87. The summed E-state index contributed by atoms with van der Waals surface area (Å²) < 4.78 is 35.0. The van der Waals surface area contributed by atoms with E-state index in [1.165, 1.54) is 0 Å². The Kier molecular flexibility index (Phi) is 4.92. The molecule has 0 bridgehead atoms. The van der Waals surface area contributed by atoms with Crippen molar-refractivity contribution in [3.05, 3.63) is 47.6 Å². The maximum Gasteiger partial charge on any atom is 0.208 e. The van der Waals surface area contributed by atoms with E-state index < -0.39 is 9.84 Å². The van der Waals surface area contributed by atoms with Crippen LogP contribution in [0.2, 0.25) is 5.02 Å². The molecule has 2 aromatic carbocycles. The Morgan fingerprint density at radius 2 is 1.87 bits per heavy atom. The molecule has 30 heavy (non-hydrogen) atoms. The molecule has 0 spiro atoms. The van der Waals surface area contributed by atoms with Crippen LogP contribution in [-0.4, -0.2) is 46.3 Å². The number of ether oxygens (including phenoxy) is 1. The number of aromatic nitrogens is 1. The van der Waals surface area contributed by atoms with Crippen molar-refractivity contribution in [1.29, 1.82) is 0 Å². The van der Waals surface area contributed by atoms with E-state index >= 15 is 0 Å². The summed E-state index contributed by atoms with van der Waals surface area (Å²) in [5.74, 6) is 0.683. The standard InChI is InChI=1S/C22H24ClN3O3S/c1-29-21-7-5-17(13-20(21)25-10-8-24-9-11-25)30(27,28)22-14-26(16-3-4-16)19-12-15(23)2-6-18(19)22/h2,5-7,12-14,16,24H,3-4,8-11H2,1H3. The van der Waals surface area contributed by atoms with Gasteiger partial charge in [0, 0.05) is 48.8 Å². The van der Waals surface area contributed by atoms with E-state index in [1.54, 1.807) is 37.6 Å². The van der Waals surface area contributed by atoms with Crippen LogP contribution in [0.25, 0.3) is 10.9 Å². The van der Waals surface area contributed by atoms with E-state index in [4.69, 9.17) is 16.3 Å². The summed E-state index contributed by atoms with van der Waals surface area (Å²) in [5.41, 5.74) is 1.69. The molecule has 6 nitrogen and oxygen atoms in total. The van der Waals surface area contributed by atoms with Crippen LogP contribution in [0.3, 0.4) is 0 Å². The quantitative estimate of drug-likeness (QED) is 0.645. The lowest BCUT2D eigenvalue weighted by Crippen LogP contribution is -2.43. The van der Waals surface area contributed by atoms with E-state index in [-0.39, 0.29) is 4.90 Å². The molecule has 1 aliphatic carbocycles. The predicted molar refractivity (Wildman–Crippen MR) is 119 cm³/mol. The Labute approximate surface area is 181 Å². The number of fused-ring (bicyclic) bond motifs is 1. The molecule has 0 radical (unpaired) electrons. The minimum absolute atomic E-state index is 0.279. The van der Waals surface area contributed by atoms with Crippen LogP contribution in [0.1, 0.15) is 18.9 Å². The second-order valence-corrected chi connectivity index (χ2v) is 10.2. The van der Waals surface area contributed by atoms with Gasteiger partial charge in [0.15, 0.2) is 0 Å². The number of nitrogens with zero attached hydrogens (tertiary/aromatic N) is 2. The third-order valence-electron chi connectivity index (χ3n) is 5.91. The second kappa shape index (κ2) is 7.48. The van der Waals surface area contributed by atoms with Crippen LogP contribution in [0.5, 0.6) is 5.75 Å². The maximum atomic E-state index is 13.7. The normalized spacial score (nSPS) is 17.5. The first-order valence-electron chi connectivity index (χ1n) is 10.2. The summed E-state index contributed by atoms with van der Waals surface area (Å²) in [7, 11) is -2.10. The lowest BCUT2D eigenvalue weighted by atomic mass is 10.2. The highest BCUT2D eigenvalue weighted by atomic mass is 35.5. The van der Waals surface area contributed by atoms with E-state index in [0.29, 0.717) is 27.1 Å². The van der Waals surface area contributed by atoms with Crippen LogP contribution in [-0.2, 0) is 9.84 Å². The highest BCUT2D eigenvalue weighted by Crippen LogP contribution is 2.42. The van der Waals surface area contributed by atoms with Crippen molar-refractivity contribution >= 4 is 38.0 Å². The fourth-order valence-corrected chi connectivity index (χ4v) is 5.83. The van der Waals surface area contributed by atoms with Crippen molar-refractivity contribution in [3.63, 3.8) is 0 Å². The molecule has 1 saturated heterocycles. The van der Waals surface area contributed by atoms with Gasteiger partial charge in [-0.3, -0.25) is 0 Å². The highest BCUT2D eigenvalue weighted by Gasteiger charge is 2.30. The van der Waals surface area contributed by atoms with Gasteiger partial charge in [0.2, 0.25) is 9.84 Å². The molecule has 2 heterocycles. The number of sulfone groups is 1. The Hall–Kier alpha value is -2.22. The number of nitrogens with one attached hydrogen (secondary N) is 1. The number of benzene rings is 2. The highest BCUT2D eigenvalue weighted by molar-refractivity contribution is 7.91. The van der Waals surface area contributed by atoms with Gasteiger partial charge in [-0.05, 0) is 43.2 Å². The molecule has 0 unspecified atom stereocenters. The van der Waals surface area contributed by atoms with Gasteiger partial charge in [0.25, 0.3) is 0 Å². The van der Waals surface area contributed by atoms with Crippen molar-refractivity contribution < 1.29 is 13.2 Å². The maximum absolute atomic E-state index is 13.7. The summed E-state index contributed by atoms with van der Waals surface area (Å²) >= 11 is 6.21. The number of hydrogen-bond donors (Lipinski definition) is 1. The number of halogens is 1. The van der Waals surface area contributed by atoms with Gasteiger partial charge < -0.3 is 19.5 Å². The summed E-state index contributed by atoms with van der Waals surface area (Å²) in [6.45, 7) is 3.32. The van der Waals surface area contributed by atoms with Crippen molar-refractivity contribution in [2.75, 3.05) is 38.2 Å². The fourth-order valence-electron chi connectivity index (χ4n) is 4.18. The molecule has 2 aliphatic rings. The molecule has 1 aliphatic heterocycles. The largest absolute Gasteiger partial charge is 0.495 e. The van der Waals surface area contributed by atoms with E-state index in [2.05, 4.69) is 14.8 Å². The first-order valence-corrected chi connectivity index (χ1v) is 12.0. The first kappa shape index (κ1) is 19.7. The van der Waals surface area contributed by atoms with E-state index in [1.807, 2.05) is 12.1 Å². The van der Waals surface area contributed by atoms with Gasteiger partial charge in [0.1, 0.15) is 5.75 Å². The lowest BCUT2D eigenvalue weighted by Gasteiger charge is -2.30. The Morgan fingerprint density at radius 3 is 2.57 bits per heavy atom. The van der Waals surface area contributed by atoms with Crippen LogP contribution in [0.4, 0.5) is 5.69 Å². The predicted octanol–water partition coefficient (Wildman–Crippen LogP) is 3.88. The number of piperazine rings is 1. The summed E-state index contributed by atoms with van der Waals surface area (Å²) in [4.78, 5) is 2.78. The Balaban J connectivity index is 1.64. The summed E-state index contributed by atoms with van der Waals surface area (Å²) in [5, 5.41) is 4.64. The van der Waals surface area contributed by atoms with Crippen molar-refractivity contribution in [2.45, 2.75) is 28.7 Å². The molecule has 3 aromatic rings. The van der Waals surface area contributed by atoms with Crippen LogP contribution >= 0.6 is 11.6 Å². The zero-order valence-corrected chi connectivity index (χ0v) is 18.3. The Morgan fingerprint density at radius 1 is 1.10 bits per heavy atom. The third-order valence-corrected chi connectivity index (χ3v) is 7.92. The molecule has 0 atom stereocenters. The molecule has 0 amide bonds.